The molecule has 0 spiro atoms. The van der Waals surface area contributed by atoms with Crippen molar-refractivity contribution in [1.82, 2.24) is 9.97 Å². The van der Waals surface area contributed by atoms with Crippen LogP contribution < -0.4 is 5.32 Å². The third-order valence-electron chi connectivity index (χ3n) is 4.05. The Kier molecular flexibility index (Phi) is 3.42. The van der Waals surface area contributed by atoms with Crippen molar-refractivity contribution in [2.75, 3.05) is 5.32 Å². The zero-order valence-electron chi connectivity index (χ0n) is 12.5. The maximum absolute atomic E-state index is 4.67. The molecule has 112 valence electrons. The summed E-state index contributed by atoms with van der Waals surface area (Å²) >= 11 is 5.47. The lowest BCUT2D eigenvalue weighted by Gasteiger charge is -2.11. The number of benzene rings is 1. The van der Waals surface area contributed by atoms with Crippen LogP contribution in [-0.4, -0.2) is 9.97 Å². The number of aryl methyl sites for hydroxylation is 4. The molecule has 0 saturated heterocycles. The highest BCUT2D eigenvalue weighted by atomic mass is 79.9. The summed E-state index contributed by atoms with van der Waals surface area (Å²) in [6.07, 6.45) is 3.58. The van der Waals surface area contributed by atoms with Crippen LogP contribution in [0, 0.1) is 13.8 Å². The van der Waals surface area contributed by atoms with Crippen LogP contribution in [0.4, 0.5) is 11.5 Å². The summed E-state index contributed by atoms with van der Waals surface area (Å²) in [5.41, 5.74) is 3.73. The van der Waals surface area contributed by atoms with Crippen LogP contribution in [0.3, 0.4) is 0 Å². The van der Waals surface area contributed by atoms with E-state index < -0.39 is 0 Å². The molecule has 2 heterocycles. The van der Waals surface area contributed by atoms with Crippen LogP contribution in [-0.2, 0) is 12.8 Å². The minimum Gasteiger partial charge on any atom is -0.339 e. The first-order valence-electron chi connectivity index (χ1n) is 7.44. The lowest BCUT2D eigenvalue weighted by atomic mass is 10.1. The summed E-state index contributed by atoms with van der Waals surface area (Å²) in [4.78, 5) is 11.9. The molecule has 1 N–H and O–H groups in total. The molecular weight excluding hydrogens is 358 g/mol. The van der Waals surface area contributed by atoms with Gasteiger partial charge in [0.2, 0.25) is 0 Å². The van der Waals surface area contributed by atoms with E-state index in [0.29, 0.717) is 0 Å². The largest absolute Gasteiger partial charge is 0.339 e. The normalized spacial score (nSPS) is 13.6. The van der Waals surface area contributed by atoms with Crippen LogP contribution >= 0.6 is 27.3 Å². The number of halogens is 1. The molecule has 0 unspecified atom stereocenters. The minimum absolute atomic E-state index is 0.818. The highest BCUT2D eigenvalue weighted by molar-refractivity contribution is 9.10. The fraction of sp³-hybridized carbons (Fsp3) is 0.294. The topological polar surface area (TPSA) is 37.8 Å². The van der Waals surface area contributed by atoms with E-state index in [2.05, 4.69) is 56.3 Å². The van der Waals surface area contributed by atoms with Gasteiger partial charge in [0, 0.05) is 9.35 Å². The Morgan fingerprint density at radius 3 is 2.86 bits per heavy atom. The van der Waals surface area contributed by atoms with E-state index in [1.54, 1.807) is 0 Å². The lowest BCUT2D eigenvalue weighted by molar-refractivity contribution is 0.917. The van der Waals surface area contributed by atoms with Crippen molar-refractivity contribution < 1.29 is 0 Å². The molecule has 0 amide bonds. The number of rotatable bonds is 2. The lowest BCUT2D eigenvalue weighted by Crippen LogP contribution is -1.99. The van der Waals surface area contributed by atoms with Gasteiger partial charge in [-0.1, -0.05) is 6.07 Å². The Hall–Kier alpha value is -1.46. The number of nitrogens with one attached hydrogen (secondary N) is 1. The third-order valence-corrected chi connectivity index (χ3v) is 5.90. The van der Waals surface area contributed by atoms with E-state index in [1.165, 1.54) is 34.2 Å². The summed E-state index contributed by atoms with van der Waals surface area (Å²) < 4.78 is 1.06. The molecule has 1 aliphatic carbocycles. The van der Waals surface area contributed by atoms with Crippen molar-refractivity contribution in [2.45, 2.75) is 33.1 Å². The van der Waals surface area contributed by atoms with Crippen molar-refractivity contribution in [3.05, 3.63) is 44.5 Å². The fourth-order valence-corrected chi connectivity index (χ4v) is 4.94. The second-order valence-electron chi connectivity index (χ2n) is 5.77. The Morgan fingerprint density at radius 2 is 2.05 bits per heavy atom. The summed E-state index contributed by atoms with van der Waals surface area (Å²) in [6, 6.07) is 6.32. The number of aromatic nitrogens is 2. The molecule has 4 rings (SSSR count). The van der Waals surface area contributed by atoms with Crippen molar-refractivity contribution in [3.63, 3.8) is 0 Å². The molecule has 3 nitrogen and oxygen atoms in total. The van der Waals surface area contributed by atoms with Crippen LogP contribution in [0.5, 0.6) is 0 Å². The number of fused-ring (bicyclic) bond motifs is 3. The van der Waals surface area contributed by atoms with Crippen molar-refractivity contribution >= 4 is 49.0 Å². The highest BCUT2D eigenvalue weighted by Gasteiger charge is 2.22. The van der Waals surface area contributed by atoms with Gasteiger partial charge in [0.05, 0.1) is 11.1 Å². The summed E-state index contributed by atoms with van der Waals surface area (Å²) in [6.45, 7) is 4.05. The SMILES string of the molecule is Cc1ccc(Nc2nc(C)nc3sc4c(c23)CCC4)c(Br)c1. The summed E-state index contributed by atoms with van der Waals surface area (Å²) in [7, 11) is 0. The molecule has 0 radical (unpaired) electrons. The van der Waals surface area contributed by atoms with Crippen molar-refractivity contribution in [1.29, 1.82) is 0 Å². The molecule has 1 aromatic carbocycles. The van der Waals surface area contributed by atoms with E-state index in [1.807, 2.05) is 18.3 Å². The molecule has 3 aromatic rings. The third kappa shape index (κ3) is 2.32. The van der Waals surface area contributed by atoms with E-state index in [-0.39, 0.29) is 0 Å². The standard InChI is InChI=1S/C17H16BrN3S/c1-9-6-7-13(12(18)8-9)21-16-15-11-4-3-5-14(11)22-17(15)20-10(2)19-16/h6-8H,3-5H2,1-2H3,(H,19,20,21). The maximum atomic E-state index is 4.67. The molecule has 0 aliphatic heterocycles. The Morgan fingerprint density at radius 1 is 1.18 bits per heavy atom. The van der Waals surface area contributed by atoms with Gasteiger partial charge in [-0.25, -0.2) is 9.97 Å². The Balaban J connectivity index is 1.87. The molecule has 22 heavy (non-hydrogen) atoms. The number of nitrogens with zero attached hydrogens (tertiary/aromatic N) is 2. The molecular formula is C17H16BrN3S. The molecule has 0 bridgehead atoms. The number of thiophene rings is 1. The van der Waals surface area contributed by atoms with E-state index >= 15 is 0 Å². The van der Waals surface area contributed by atoms with E-state index in [9.17, 15) is 0 Å². The fourth-order valence-electron chi connectivity index (χ4n) is 3.04. The molecule has 0 fully saturated rings. The quantitative estimate of drug-likeness (QED) is 0.661. The molecule has 0 saturated carbocycles. The van der Waals surface area contributed by atoms with Crippen LogP contribution in [0.1, 0.15) is 28.2 Å². The predicted molar refractivity (Wildman–Crippen MR) is 96.3 cm³/mol. The van der Waals surface area contributed by atoms with Gasteiger partial charge < -0.3 is 5.32 Å². The average molecular weight is 374 g/mol. The van der Waals surface area contributed by atoms with Crippen LogP contribution in [0.15, 0.2) is 22.7 Å². The van der Waals surface area contributed by atoms with Gasteiger partial charge in [-0.15, -0.1) is 11.3 Å². The number of hydrogen-bond acceptors (Lipinski definition) is 4. The molecule has 1 aliphatic rings. The second kappa shape index (κ2) is 5.32. The summed E-state index contributed by atoms with van der Waals surface area (Å²) in [5.74, 6) is 1.75. The molecule has 2 aromatic heterocycles. The smallest absolute Gasteiger partial charge is 0.143 e. The monoisotopic (exact) mass is 373 g/mol. The number of anilines is 2. The van der Waals surface area contributed by atoms with Crippen molar-refractivity contribution in [2.24, 2.45) is 0 Å². The van der Waals surface area contributed by atoms with Gasteiger partial charge in [0.1, 0.15) is 16.5 Å². The van der Waals surface area contributed by atoms with E-state index in [4.69, 9.17) is 0 Å². The first-order valence-corrected chi connectivity index (χ1v) is 9.05. The second-order valence-corrected chi connectivity index (χ2v) is 7.70. The van der Waals surface area contributed by atoms with E-state index in [0.717, 1.165) is 33.1 Å². The van der Waals surface area contributed by atoms with Gasteiger partial charge in [0.15, 0.2) is 0 Å². The van der Waals surface area contributed by atoms with Gasteiger partial charge in [-0.3, -0.25) is 0 Å². The van der Waals surface area contributed by atoms with Crippen LogP contribution in [0.25, 0.3) is 10.2 Å². The van der Waals surface area contributed by atoms with Crippen molar-refractivity contribution in [3.8, 4) is 0 Å². The van der Waals surface area contributed by atoms with Gasteiger partial charge in [0.25, 0.3) is 0 Å². The van der Waals surface area contributed by atoms with Gasteiger partial charge in [-0.05, 0) is 72.3 Å². The zero-order valence-corrected chi connectivity index (χ0v) is 14.9. The minimum atomic E-state index is 0.818. The molecule has 0 atom stereocenters. The zero-order chi connectivity index (χ0) is 15.3. The highest BCUT2D eigenvalue weighted by Crippen LogP contribution is 2.40. The van der Waals surface area contributed by atoms with Crippen LogP contribution in [0.2, 0.25) is 0 Å². The summed E-state index contributed by atoms with van der Waals surface area (Å²) in [5, 5.41) is 4.73. The maximum Gasteiger partial charge on any atom is 0.143 e. The predicted octanol–water partition coefficient (Wildman–Crippen LogP) is 5.30. The first-order chi connectivity index (χ1) is 10.6. The Labute approximate surface area is 141 Å². The number of hydrogen-bond donors (Lipinski definition) is 1. The first kappa shape index (κ1) is 14.2. The van der Waals surface area contributed by atoms with Gasteiger partial charge >= 0.3 is 0 Å². The van der Waals surface area contributed by atoms with Gasteiger partial charge in [-0.2, -0.15) is 0 Å². The molecule has 5 heteroatoms. The average Bonchev–Trinajstić information content (AvgIpc) is 3.01. The Bertz CT molecular complexity index is 885.